The molecule has 0 radical (unpaired) electrons. The first-order chi connectivity index (χ1) is 5.88. The van der Waals surface area contributed by atoms with Gasteiger partial charge in [0, 0.05) is 0 Å². The van der Waals surface area contributed by atoms with Gasteiger partial charge in [-0.3, -0.25) is 4.72 Å². The van der Waals surface area contributed by atoms with Crippen molar-refractivity contribution >= 4 is 27.5 Å². The highest BCUT2D eigenvalue weighted by atomic mass is 35.5. The van der Waals surface area contributed by atoms with Crippen molar-refractivity contribution in [1.29, 1.82) is 0 Å². The minimum absolute atomic E-state index is 0.303. The van der Waals surface area contributed by atoms with Crippen molar-refractivity contribution in [2.75, 3.05) is 4.72 Å². The van der Waals surface area contributed by atoms with Gasteiger partial charge in [-0.15, -0.1) is 0 Å². The van der Waals surface area contributed by atoms with E-state index in [1.165, 1.54) is 12.1 Å². The molecule has 7 heteroatoms. The molecular formula is C6H8ClN3O2S. The molecule has 0 bridgehead atoms. The Morgan fingerprint density at radius 3 is 2.62 bits per heavy atom. The molecule has 72 valence electrons. The lowest BCUT2D eigenvalue weighted by Gasteiger charge is -2.05. The van der Waals surface area contributed by atoms with Crippen molar-refractivity contribution < 1.29 is 8.42 Å². The van der Waals surface area contributed by atoms with E-state index in [4.69, 9.17) is 16.7 Å². The highest BCUT2D eigenvalue weighted by Crippen LogP contribution is 2.15. The van der Waals surface area contributed by atoms with Crippen LogP contribution < -0.4 is 9.86 Å². The van der Waals surface area contributed by atoms with E-state index in [1.54, 1.807) is 6.92 Å². The number of pyridine rings is 1. The van der Waals surface area contributed by atoms with E-state index in [9.17, 15) is 8.42 Å². The van der Waals surface area contributed by atoms with Crippen LogP contribution in [0.5, 0.6) is 0 Å². The summed E-state index contributed by atoms with van der Waals surface area (Å²) < 4.78 is 23.4. The first-order valence-electron chi connectivity index (χ1n) is 3.32. The number of hydrogen-bond donors (Lipinski definition) is 2. The van der Waals surface area contributed by atoms with Crippen LogP contribution in [0.2, 0.25) is 5.15 Å². The van der Waals surface area contributed by atoms with Gasteiger partial charge in [0.2, 0.25) is 0 Å². The van der Waals surface area contributed by atoms with Gasteiger partial charge in [0.15, 0.2) is 0 Å². The zero-order valence-electron chi connectivity index (χ0n) is 6.78. The highest BCUT2D eigenvalue weighted by Gasteiger charge is 2.05. The lowest BCUT2D eigenvalue weighted by Crippen LogP contribution is -2.22. The maximum atomic E-state index is 10.6. The van der Waals surface area contributed by atoms with E-state index in [1.807, 2.05) is 0 Å². The topological polar surface area (TPSA) is 85.1 Å². The lowest BCUT2D eigenvalue weighted by atomic mass is 10.3. The summed E-state index contributed by atoms with van der Waals surface area (Å²) in [7, 11) is -3.75. The van der Waals surface area contributed by atoms with Crippen molar-refractivity contribution in [2.45, 2.75) is 6.92 Å². The average molecular weight is 222 g/mol. The Kier molecular flexibility index (Phi) is 2.74. The van der Waals surface area contributed by atoms with Crippen LogP contribution in [0.3, 0.4) is 0 Å². The standard InChI is InChI=1S/C6H8ClN3O2S/c1-4-5(10-13(8,11)12)2-3-6(7)9-4/h2-3,10H,1H3,(H2,8,11,12). The van der Waals surface area contributed by atoms with Gasteiger partial charge in [0.1, 0.15) is 5.15 Å². The fourth-order valence-electron chi connectivity index (χ4n) is 0.792. The molecule has 0 amide bonds. The molecule has 0 aliphatic rings. The molecule has 1 rings (SSSR count). The van der Waals surface area contributed by atoms with E-state index in [0.717, 1.165) is 0 Å². The van der Waals surface area contributed by atoms with Crippen molar-refractivity contribution in [1.82, 2.24) is 4.98 Å². The molecule has 1 aromatic rings. The van der Waals surface area contributed by atoms with Crippen LogP contribution in [0, 0.1) is 6.92 Å². The number of aryl methyl sites for hydroxylation is 1. The van der Waals surface area contributed by atoms with Gasteiger partial charge in [0.05, 0.1) is 11.4 Å². The maximum absolute atomic E-state index is 10.6. The minimum Gasteiger partial charge on any atom is -0.269 e. The Balaban J connectivity index is 3.04. The van der Waals surface area contributed by atoms with Gasteiger partial charge < -0.3 is 0 Å². The summed E-state index contributed by atoms with van der Waals surface area (Å²) in [6, 6.07) is 2.97. The van der Waals surface area contributed by atoms with Crippen molar-refractivity contribution in [3.8, 4) is 0 Å². The van der Waals surface area contributed by atoms with Crippen LogP contribution in [0.4, 0.5) is 5.69 Å². The zero-order valence-corrected chi connectivity index (χ0v) is 8.35. The van der Waals surface area contributed by atoms with Crippen LogP contribution >= 0.6 is 11.6 Å². The van der Waals surface area contributed by atoms with E-state index in [-0.39, 0.29) is 0 Å². The zero-order chi connectivity index (χ0) is 10.1. The van der Waals surface area contributed by atoms with Crippen LogP contribution in [-0.4, -0.2) is 13.4 Å². The number of aromatic nitrogens is 1. The Bertz CT molecular complexity index is 418. The van der Waals surface area contributed by atoms with E-state index in [2.05, 4.69) is 9.71 Å². The minimum atomic E-state index is -3.75. The summed E-state index contributed by atoms with van der Waals surface area (Å²) in [5.41, 5.74) is 0.799. The first-order valence-corrected chi connectivity index (χ1v) is 5.24. The van der Waals surface area contributed by atoms with Crippen LogP contribution in [0.25, 0.3) is 0 Å². The number of hydrogen-bond acceptors (Lipinski definition) is 3. The Morgan fingerprint density at radius 2 is 2.15 bits per heavy atom. The summed E-state index contributed by atoms with van der Waals surface area (Å²) >= 11 is 5.57. The molecule has 1 aromatic heterocycles. The molecular weight excluding hydrogens is 214 g/mol. The van der Waals surface area contributed by atoms with Crippen LogP contribution in [-0.2, 0) is 10.2 Å². The summed E-state index contributed by atoms with van der Waals surface area (Å²) in [6.45, 7) is 1.62. The largest absolute Gasteiger partial charge is 0.296 e. The Morgan fingerprint density at radius 1 is 1.54 bits per heavy atom. The highest BCUT2D eigenvalue weighted by molar-refractivity contribution is 7.90. The van der Waals surface area contributed by atoms with Gasteiger partial charge >= 0.3 is 0 Å². The summed E-state index contributed by atoms with van der Waals surface area (Å²) in [5, 5.41) is 5.08. The van der Waals surface area contributed by atoms with Crippen LogP contribution in [0.15, 0.2) is 12.1 Å². The molecule has 13 heavy (non-hydrogen) atoms. The van der Waals surface area contributed by atoms with Gasteiger partial charge in [-0.2, -0.15) is 8.42 Å². The van der Waals surface area contributed by atoms with E-state index >= 15 is 0 Å². The van der Waals surface area contributed by atoms with E-state index in [0.29, 0.717) is 16.5 Å². The molecule has 3 N–H and O–H groups in total. The lowest BCUT2D eigenvalue weighted by molar-refractivity contribution is 0.603. The molecule has 0 saturated heterocycles. The van der Waals surface area contributed by atoms with Crippen molar-refractivity contribution in [3.05, 3.63) is 23.0 Å². The number of nitrogens with two attached hydrogens (primary N) is 1. The molecule has 0 aliphatic carbocycles. The molecule has 0 aliphatic heterocycles. The monoisotopic (exact) mass is 221 g/mol. The molecule has 0 aromatic carbocycles. The third-order valence-corrected chi connectivity index (χ3v) is 2.02. The Labute approximate surface area is 81.1 Å². The third kappa shape index (κ3) is 3.17. The molecule has 0 spiro atoms. The smallest absolute Gasteiger partial charge is 0.269 e. The number of nitrogens with zero attached hydrogens (tertiary/aromatic N) is 1. The van der Waals surface area contributed by atoms with Gasteiger partial charge in [-0.05, 0) is 19.1 Å². The number of nitrogens with one attached hydrogen (secondary N) is 1. The molecule has 0 atom stereocenters. The van der Waals surface area contributed by atoms with Crippen molar-refractivity contribution in [2.24, 2.45) is 5.14 Å². The number of halogens is 1. The number of rotatable bonds is 2. The van der Waals surface area contributed by atoms with Gasteiger partial charge in [-0.25, -0.2) is 10.1 Å². The summed E-state index contributed by atoms with van der Waals surface area (Å²) in [4.78, 5) is 3.84. The molecule has 0 fully saturated rings. The average Bonchev–Trinajstić information content (AvgIpc) is 1.93. The van der Waals surface area contributed by atoms with Crippen molar-refractivity contribution in [3.63, 3.8) is 0 Å². The SMILES string of the molecule is Cc1nc(Cl)ccc1NS(N)(=O)=O. The molecule has 0 unspecified atom stereocenters. The van der Waals surface area contributed by atoms with Gasteiger partial charge in [-0.1, -0.05) is 11.6 Å². The second-order valence-electron chi connectivity index (χ2n) is 2.41. The quantitative estimate of drug-likeness (QED) is 0.720. The fraction of sp³-hybridized carbons (Fsp3) is 0.167. The molecule has 0 saturated carbocycles. The molecule has 5 nitrogen and oxygen atoms in total. The summed E-state index contributed by atoms with van der Waals surface area (Å²) in [5.74, 6) is 0. The maximum Gasteiger partial charge on any atom is 0.296 e. The van der Waals surface area contributed by atoms with Gasteiger partial charge in [0.25, 0.3) is 10.2 Å². The normalized spacial score (nSPS) is 11.3. The van der Waals surface area contributed by atoms with Crippen LogP contribution in [0.1, 0.15) is 5.69 Å². The fourth-order valence-corrected chi connectivity index (χ4v) is 1.50. The van der Waals surface area contributed by atoms with E-state index < -0.39 is 10.2 Å². The predicted octanol–water partition coefficient (Wildman–Crippen LogP) is 0.659. The third-order valence-electron chi connectivity index (χ3n) is 1.30. The number of anilines is 1. The summed E-state index contributed by atoms with van der Waals surface area (Å²) in [6.07, 6.45) is 0. The second-order valence-corrected chi connectivity index (χ2v) is 4.10. The Hall–Kier alpha value is -0.850. The predicted molar refractivity (Wildman–Crippen MR) is 50.7 cm³/mol. The first kappa shape index (κ1) is 10.2. The molecule has 1 heterocycles. The second kappa shape index (κ2) is 3.49.